The molecule has 0 aliphatic carbocycles. The van der Waals surface area contributed by atoms with Gasteiger partial charge in [0.2, 0.25) is 5.91 Å². The molecule has 20 heavy (non-hydrogen) atoms. The molecule has 0 unspecified atom stereocenters. The lowest BCUT2D eigenvalue weighted by atomic mass is 9.77. The average molecular weight is 275 g/mol. The van der Waals surface area contributed by atoms with E-state index in [1.54, 1.807) is 0 Å². The van der Waals surface area contributed by atoms with E-state index in [0.29, 0.717) is 6.42 Å². The van der Waals surface area contributed by atoms with E-state index in [-0.39, 0.29) is 17.2 Å². The van der Waals surface area contributed by atoms with Gasteiger partial charge < -0.3 is 14.8 Å². The van der Waals surface area contributed by atoms with Gasteiger partial charge in [-0.05, 0) is 37.3 Å². The number of nitrogens with one attached hydrogen (secondary N) is 1. The Morgan fingerprint density at radius 2 is 2.15 bits per heavy atom. The number of nitrogens with zero attached hydrogens (tertiary/aromatic N) is 2. The first kappa shape index (κ1) is 13.2. The van der Waals surface area contributed by atoms with Crippen molar-refractivity contribution in [2.75, 3.05) is 19.6 Å². The van der Waals surface area contributed by atoms with Crippen molar-refractivity contribution >= 4 is 11.8 Å². The Labute approximate surface area is 118 Å². The Morgan fingerprint density at radius 1 is 1.40 bits per heavy atom. The van der Waals surface area contributed by atoms with E-state index < -0.39 is 0 Å². The van der Waals surface area contributed by atoms with E-state index in [1.165, 1.54) is 0 Å². The van der Waals surface area contributed by atoms with E-state index in [0.717, 1.165) is 44.7 Å². The summed E-state index contributed by atoms with van der Waals surface area (Å²) in [5, 5.41) is 2.92. The van der Waals surface area contributed by atoms with Crippen LogP contribution in [0, 0.1) is 5.41 Å². The number of piperidine rings is 1. The molecular formula is C15H21N3O2. The van der Waals surface area contributed by atoms with Crippen LogP contribution in [-0.2, 0) is 11.3 Å². The SMILES string of the molecule is CCn1cccc1C(=O)N1CCC2(CC1)CNC(=O)C2. The Kier molecular flexibility index (Phi) is 3.28. The Morgan fingerprint density at radius 3 is 2.75 bits per heavy atom. The number of carbonyl (C=O) groups is 2. The molecule has 2 fully saturated rings. The normalized spacial score (nSPS) is 21.2. The van der Waals surface area contributed by atoms with Crippen molar-refractivity contribution in [3.05, 3.63) is 24.0 Å². The molecule has 0 saturated carbocycles. The van der Waals surface area contributed by atoms with Crippen LogP contribution in [0.4, 0.5) is 0 Å². The molecule has 108 valence electrons. The zero-order valence-corrected chi connectivity index (χ0v) is 11.9. The van der Waals surface area contributed by atoms with Gasteiger partial charge in [-0.25, -0.2) is 0 Å². The van der Waals surface area contributed by atoms with Gasteiger partial charge in [-0.15, -0.1) is 0 Å². The molecule has 5 nitrogen and oxygen atoms in total. The summed E-state index contributed by atoms with van der Waals surface area (Å²) in [6.45, 7) is 5.13. The van der Waals surface area contributed by atoms with Crippen LogP contribution in [0.5, 0.6) is 0 Å². The Balaban J connectivity index is 1.66. The molecule has 3 rings (SSSR count). The van der Waals surface area contributed by atoms with E-state index >= 15 is 0 Å². The second kappa shape index (κ2) is 4.96. The molecule has 0 bridgehead atoms. The van der Waals surface area contributed by atoms with Gasteiger partial charge >= 0.3 is 0 Å². The first-order valence-electron chi connectivity index (χ1n) is 7.35. The third-order valence-corrected chi connectivity index (χ3v) is 4.70. The highest BCUT2D eigenvalue weighted by Crippen LogP contribution is 2.37. The van der Waals surface area contributed by atoms with Crippen molar-refractivity contribution in [3.8, 4) is 0 Å². The van der Waals surface area contributed by atoms with E-state index in [2.05, 4.69) is 5.32 Å². The molecule has 0 radical (unpaired) electrons. The molecule has 1 aromatic heterocycles. The Bertz CT molecular complexity index is 527. The number of aromatic nitrogens is 1. The summed E-state index contributed by atoms with van der Waals surface area (Å²) >= 11 is 0. The zero-order valence-electron chi connectivity index (χ0n) is 11.9. The molecule has 1 spiro atoms. The van der Waals surface area contributed by atoms with Gasteiger partial charge in [0, 0.05) is 38.8 Å². The Hall–Kier alpha value is -1.78. The monoisotopic (exact) mass is 275 g/mol. The summed E-state index contributed by atoms with van der Waals surface area (Å²) in [7, 11) is 0. The lowest BCUT2D eigenvalue weighted by Gasteiger charge is -2.38. The summed E-state index contributed by atoms with van der Waals surface area (Å²) < 4.78 is 1.98. The van der Waals surface area contributed by atoms with Crippen LogP contribution in [-0.4, -0.2) is 40.9 Å². The molecule has 3 heterocycles. The van der Waals surface area contributed by atoms with Gasteiger partial charge in [0.1, 0.15) is 5.69 Å². The van der Waals surface area contributed by atoms with Gasteiger partial charge in [0.25, 0.3) is 5.91 Å². The van der Waals surface area contributed by atoms with Crippen LogP contribution in [0.15, 0.2) is 18.3 Å². The predicted molar refractivity (Wildman–Crippen MR) is 75.3 cm³/mol. The van der Waals surface area contributed by atoms with Crippen molar-refractivity contribution in [2.24, 2.45) is 5.41 Å². The van der Waals surface area contributed by atoms with Crippen LogP contribution in [0.3, 0.4) is 0 Å². The molecule has 5 heteroatoms. The first-order chi connectivity index (χ1) is 9.63. The molecule has 2 amide bonds. The molecular weight excluding hydrogens is 254 g/mol. The number of hydrogen-bond acceptors (Lipinski definition) is 2. The van der Waals surface area contributed by atoms with E-state index in [1.807, 2.05) is 34.7 Å². The number of likely N-dealkylation sites (tertiary alicyclic amines) is 1. The minimum atomic E-state index is 0.0978. The van der Waals surface area contributed by atoms with Crippen LogP contribution < -0.4 is 5.32 Å². The summed E-state index contributed by atoms with van der Waals surface area (Å²) in [6.07, 6.45) is 4.41. The molecule has 2 saturated heterocycles. The highest BCUT2D eigenvalue weighted by Gasteiger charge is 2.41. The highest BCUT2D eigenvalue weighted by molar-refractivity contribution is 5.93. The largest absolute Gasteiger partial charge is 0.356 e. The van der Waals surface area contributed by atoms with Crippen LogP contribution in [0.1, 0.15) is 36.7 Å². The molecule has 0 atom stereocenters. The van der Waals surface area contributed by atoms with E-state index in [4.69, 9.17) is 0 Å². The molecule has 1 N–H and O–H groups in total. The third-order valence-electron chi connectivity index (χ3n) is 4.70. The first-order valence-corrected chi connectivity index (χ1v) is 7.35. The van der Waals surface area contributed by atoms with Crippen molar-refractivity contribution in [1.82, 2.24) is 14.8 Å². The summed E-state index contributed by atoms with van der Waals surface area (Å²) in [6, 6.07) is 3.80. The summed E-state index contributed by atoms with van der Waals surface area (Å²) in [5.74, 6) is 0.272. The quantitative estimate of drug-likeness (QED) is 0.883. The maximum absolute atomic E-state index is 12.5. The second-order valence-corrected chi connectivity index (χ2v) is 5.93. The van der Waals surface area contributed by atoms with Crippen LogP contribution in [0.2, 0.25) is 0 Å². The van der Waals surface area contributed by atoms with Crippen molar-refractivity contribution < 1.29 is 9.59 Å². The highest BCUT2D eigenvalue weighted by atomic mass is 16.2. The fraction of sp³-hybridized carbons (Fsp3) is 0.600. The van der Waals surface area contributed by atoms with Gasteiger partial charge in [-0.1, -0.05) is 0 Å². The van der Waals surface area contributed by atoms with Crippen molar-refractivity contribution in [2.45, 2.75) is 32.7 Å². The minimum absolute atomic E-state index is 0.0978. The second-order valence-electron chi connectivity index (χ2n) is 5.93. The zero-order chi connectivity index (χ0) is 14.2. The maximum Gasteiger partial charge on any atom is 0.270 e. The predicted octanol–water partition coefficient (Wildman–Crippen LogP) is 1.25. The topological polar surface area (TPSA) is 54.3 Å². The van der Waals surface area contributed by atoms with Gasteiger partial charge in [0.05, 0.1) is 0 Å². The number of aryl methyl sites for hydroxylation is 1. The molecule has 2 aliphatic rings. The average Bonchev–Trinajstić information content (AvgIpc) is 3.06. The summed E-state index contributed by atoms with van der Waals surface area (Å²) in [5.41, 5.74) is 0.865. The standard InChI is InChI=1S/C15H21N3O2/c1-2-17-7-3-4-12(17)14(20)18-8-5-15(6-9-18)10-13(19)16-11-15/h3-4,7H,2,5-6,8-11H2,1H3,(H,16,19). The van der Waals surface area contributed by atoms with Crippen LogP contribution in [0.25, 0.3) is 0 Å². The number of carbonyl (C=O) groups excluding carboxylic acids is 2. The number of hydrogen-bond donors (Lipinski definition) is 1. The van der Waals surface area contributed by atoms with Crippen molar-refractivity contribution in [1.29, 1.82) is 0 Å². The lowest BCUT2D eigenvalue weighted by molar-refractivity contribution is -0.119. The fourth-order valence-electron chi connectivity index (χ4n) is 3.34. The smallest absolute Gasteiger partial charge is 0.270 e. The van der Waals surface area contributed by atoms with Gasteiger partial charge in [-0.3, -0.25) is 9.59 Å². The maximum atomic E-state index is 12.5. The van der Waals surface area contributed by atoms with Crippen LogP contribution >= 0.6 is 0 Å². The molecule has 2 aliphatic heterocycles. The third kappa shape index (κ3) is 2.21. The lowest BCUT2D eigenvalue weighted by Crippen LogP contribution is -2.44. The minimum Gasteiger partial charge on any atom is -0.356 e. The number of rotatable bonds is 2. The fourth-order valence-corrected chi connectivity index (χ4v) is 3.34. The van der Waals surface area contributed by atoms with Gasteiger partial charge in [-0.2, -0.15) is 0 Å². The van der Waals surface area contributed by atoms with Gasteiger partial charge in [0.15, 0.2) is 0 Å². The molecule has 0 aromatic carbocycles. The van der Waals surface area contributed by atoms with Crippen molar-refractivity contribution in [3.63, 3.8) is 0 Å². The number of amides is 2. The van der Waals surface area contributed by atoms with E-state index in [9.17, 15) is 9.59 Å². The summed E-state index contributed by atoms with van der Waals surface area (Å²) in [4.78, 5) is 25.9. The molecule has 1 aromatic rings.